The fourth-order valence-corrected chi connectivity index (χ4v) is 2.27. The van der Waals surface area contributed by atoms with Crippen molar-refractivity contribution in [2.75, 3.05) is 0 Å². The van der Waals surface area contributed by atoms with Crippen LogP contribution in [-0.2, 0) is 6.54 Å². The van der Waals surface area contributed by atoms with E-state index in [4.69, 9.17) is 0 Å². The highest BCUT2D eigenvalue weighted by Gasteiger charge is 2.13. The van der Waals surface area contributed by atoms with Crippen molar-refractivity contribution in [1.29, 1.82) is 0 Å². The molecule has 0 bridgehead atoms. The van der Waals surface area contributed by atoms with E-state index in [-0.39, 0.29) is 5.54 Å². The van der Waals surface area contributed by atoms with Gasteiger partial charge in [0.1, 0.15) is 0 Å². The van der Waals surface area contributed by atoms with Gasteiger partial charge in [0, 0.05) is 16.6 Å². The lowest BCUT2D eigenvalue weighted by atomic mass is 10.1. The Morgan fingerprint density at radius 2 is 2.05 bits per heavy atom. The van der Waals surface area contributed by atoms with E-state index < -0.39 is 0 Å². The average molecular weight is 323 g/mol. The molecule has 0 amide bonds. The van der Waals surface area contributed by atoms with E-state index in [1.54, 1.807) is 6.20 Å². The second-order valence-corrected chi connectivity index (χ2v) is 6.59. The number of nitrogens with zero attached hydrogens (tertiary/aromatic N) is 3. The molecule has 0 radical (unpaired) electrons. The van der Waals surface area contributed by atoms with Gasteiger partial charge in [0.25, 0.3) is 0 Å². The van der Waals surface area contributed by atoms with Gasteiger partial charge in [-0.1, -0.05) is 21.1 Å². The van der Waals surface area contributed by atoms with Crippen molar-refractivity contribution in [3.63, 3.8) is 0 Å². The van der Waals surface area contributed by atoms with Crippen molar-refractivity contribution in [2.45, 2.75) is 39.8 Å². The molecule has 4 nitrogen and oxygen atoms in total. The first kappa shape index (κ1) is 14.2. The quantitative estimate of drug-likeness (QED) is 0.943. The van der Waals surface area contributed by atoms with Gasteiger partial charge in [-0.05, 0) is 51.5 Å². The second kappa shape index (κ2) is 5.43. The van der Waals surface area contributed by atoms with Crippen LogP contribution in [0.3, 0.4) is 0 Å². The second-order valence-electron chi connectivity index (χ2n) is 5.67. The number of hydrogen-bond donors (Lipinski definition) is 1. The van der Waals surface area contributed by atoms with Crippen molar-refractivity contribution in [1.82, 2.24) is 20.3 Å². The fraction of sp³-hybridized carbons (Fsp3) is 0.429. The Hall–Kier alpha value is -1.20. The lowest BCUT2D eigenvalue weighted by Crippen LogP contribution is -2.35. The zero-order valence-electron chi connectivity index (χ0n) is 11.7. The van der Waals surface area contributed by atoms with Gasteiger partial charge in [-0.2, -0.15) is 0 Å². The third kappa shape index (κ3) is 3.64. The molecular weight excluding hydrogens is 304 g/mol. The summed E-state index contributed by atoms with van der Waals surface area (Å²) in [5.41, 5.74) is 3.35. The summed E-state index contributed by atoms with van der Waals surface area (Å²) in [7, 11) is 0. The molecule has 0 aliphatic rings. The molecule has 0 saturated heterocycles. The summed E-state index contributed by atoms with van der Waals surface area (Å²) in [4.78, 5) is 0. The third-order valence-corrected chi connectivity index (χ3v) is 3.30. The predicted octanol–water partition coefficient (Wildman–Crippen LogP) is 3.23. The number of hydrogen-bond acceptors (Lipinski definition) is 3. The van der Waals surface area contributed by atoms with Crippen LogP contribution < -0.4 is 5.32 Å². The number of benzene rings is 1. The summed E-state index contributed by atoms with van der Waals surface area (Å²) in [5, 5.41) is 11.7. The average Bonchev–Trinajstić information content (AvgIpc) is 2.73. The van der Waals surface area contributed by atoms with Crippen LogP contribution in [0, 0.1) is 6.92 Å². The first-order valence-corrected chi connectivity index (χ1v) is 7.07. The van der Waals surface area contributed by atoms with E-state index in [2.05, 4.69) is 71.4 Å². The summed E-state index contributed by atoms with van der Waals surface area (Å²) in [6.07, 6.45) is 1.81. The van der Waals surface area contributed by atoms with E-state index in [0.717, 1.165) is 28.0 Å². The van der Waals surface area contributed by atoms with E-state index in [1.165, 1.54) is 0 Å². The first-order valence-electron chi connectivity index (χ1n) is 6.28. The maximum atomic E-state index is 4.19. The van der Waals surface area contributed by atoms with E-state index in [9.17, 15) is 0 Å². The van der Waals surface area contributed by atoms with Crippen molar-refractivity contribution in [3.8, 4) is 5.69 Å². The van der Waals surface area contributed by atoms with Crippen LogP contribution in [-0.4, -0.2) is 20.5 Å². The molecule has 0 fully saturated rings. The number of halogens is 1. The number of aryl methyl sites for hydroxylation is 1. The van der Waals surface area contributed by atoms with Gasteiger partial charge in [-0.25, -0.2) is 4.68 Å². The molecule has 0 atom stereocenters. The zero-order chi connectivity index (χ0) is 14.0. The smallest absolute Gasteiger partial charge is 0.0783 e. The Kier molecular flexibility index (Phi) is 4.06. The monoisotopic (exact) mass is 322 g/mol. The summed E-state index contributed by atoms with van der Waals surface area (Å²) in [6.45, 7) is 9.25. The number of nitrogens with one attached hydrogen (secondary N) is 1. The Morgan fingerprint density at radius 3 is 2.68 bits per heavy atom. The van der Waals surface area contributed by atoms with Crippen LogP contribution in [0.2, 0.25) is 0 Å². The molecule has 2 aromatic rings. The van der Waals surface area contributed by atoms with Crippen LogP contribution in [0.1, 0.15) is 32.0 Å². The molecule has 0 saturated carbocycles. The molecule has 1 heterocycles. The van der Waals surface area contributed by atoms with Crippen LogP contribution >= 0.6 is 15.9 Å². The Morgan fingerprint density at radius 1 is 1.32 bits per heavy atom. The molecule has 19 heavy (non-hydrogen) atoms. The number of aromatic nitrogens is 3. The van der Waals surface area contributed by atoms with Crippen LogP contribution in [0.4, 0.5) is 0 Å². The van der Waals surface area contributed by atoms with Gasteiger partial charge >= 0.3 is 0 Å². The lowest BCUT2D eigenvalue weighted by Gasteiger charge is -2.20. The molecule has 1 aromatic heterocycles. The minimum atomic E-state index is 0.0733. The molecule has 5 heteroatoms. The van der Waals surface area contributed by atoms with Gasteiger partial charge in [0.15, 0.2) is 0 Å². The standard InChI is InChI=1S/C14H19BrN4/c1-10-7-11(15)5-6-13(10)19-12(9-17-18-19)8-16-14(2,3)4/h5-7,9,16H,8H2,1-4H3. The summed E-state index contributed by atoms with van der Waals surface area (Å²) >= 11 is 3.48. The first-order chi connectivity index (χ1) is 8.87. The fourth-order valence-electron chi connectivity index (χ4n) is 1.79. The van der Waals surface area contributed by atoms with E-state index in [1.807, 2.05) is 10.7 Å². The summed E-state index contributed by atoms with van der Waals surface area (Å²) < 4.78 is 2.96. The predicted molar refractivity (Wildman–Crippen MR) is 80.4 cm³/mol. The summed E-state index contributed by atoms with van der Waals surface area (Å²) in [5.74, 6) is 0. The maximum absolute atomic E-state index is 4.19. The normalized spacial score (nSPS) is 11.8. The maximum Gasteiger partial charge on any atom is 0.0783 e. The molecule has 0 spiro atoms. The van der Waals surface area contributed by atoms with Gasteiger partial charge in [0.2, 0.25) is 0 Å². The third-order valence-electron chi connectivity index (χ3n) is 2.81. The van der Waals surface area contributed by atoms with Crippen LogP contribution in [0.5, 0.6) is 0 Å². The number of rotatable bonds is 3. The molecule has 0 aliphatic heterocycles. The SMILES string of the molecule is Cc1cc(Br)ccc1-n1nncc1CNC(C)(C)C. The zero-order valence-corrected chi connectivity index (χ0v) is 13.3. The minimum absolute atomic E-state index is 0.0733. The van der Waals surface area contributed by atoms with Crippen molar-refractivity contribution in [2.24, 2.45) is 0 Å². The molecule has 102 valence electrons. The highest BCUT2D eigenvalue weighted by molar-refractivity contribution is 9.10. The van der Waals surface area contributed by atoms with Crippen molar-refractivity contribution >= 4 is 15.9 Å². The molecule has 0 unspecified atom stereocenters. The Balaban J connectivity index is 2.28. The molecule has 1 aromatic carbocycles. The van der Waals surface area contributed by atoms with Gasteiger partial charge in [-0.3, -0.25) is 0 Å². The van der Waals surface area contributed by atoms with Gasteiger partial charge in [-0.15, -0.1) is 5.10 Å². The van der Waals surface area contributed by atoms with E-state index >= 15 is 0 Å². The van der Waals surface area contributed by atoms with Crippen molar-refractivity contribution < 1.29 is 0 Å². The van der Waals surface area contributed by atoms with E-state index in [0.29, 0.717) is 0 Å². The summed E-state index contributed by atoms with van der Waals surface area (Å²) in [6, 6.07) is 6.15. The highest BCUT2D eigenvalue weighted by Crippen LogP contribution is 2.20. The van der Waals surface area contributed by atoms with Gasteiger partial charge in [0.05, 0.1) is 17.6 Å². The van der Waals surface area contributed by atoms with Crippen LogP contribution in [0.15, 0.2) is 28.9 Å². The Bertz CT molecular complexity index is 569. The van der Waals surface area contributed by atoms with Crippen LogP contribution in [0.25, 0.3) is 5.69 Å². The van der Waals surface area contributed by atoms with Gasteiger partial charge < -0.3 is 5.32 Å². The molecular formula is C14H19BrN4. The minimum Gasteiger partial charge on any atom is -0.306 e. The topological polar surface area (TPSA) is 42.7 Å². The Labute approximate surface area is 122 Å². The van der Waals surface area contributed by atoms with Crippen molar-refractivity contribution in [3.05, 3.63) is 40.1 Å². The molecule has 1 N–H and O–H groups in total. The largest absolute Gasteiger partial charge is 0.306 e. The highest BCUT2D eigenvalue weighted by atomic mass is 79.9. The lowest BCUT2D eigenvalue weighted by molar-refractivity contribution is 0.418. The molecule has 0 aliphatic carbocycles. The molecule has 2 rings (SSSR count).